The van der Waals surface area contributed by atoms with Gasteiger partial charge in [-0.05, 0) is 47.9 Å². The molecule has 0 atom stereocenters. The maximum atomic E-state index is 5.30. The number of hydrogen-bond donors (Lipinski definition) is 1. The van der Waals surface area contributed by atoms with Crippen LogP contribution in [0.25, 0.3) is 11.4 Å². The largest absolute Gasteiger partial charge is 0.497 e. The van der Waals surface area contributed by atoms with Gasteiger partial charge in [0.15, 0.2) is 0 Å². The van der Waals surface area contributed by atoms with Gasteiger partial charge in [-0.3, -0.25) is 0 Å². The predicted molar refractivity (Wildman–Crippen MR) is 94.1 cm³/mol. The SMILES string of the molecule is COc1ccc(-c2noc(CNc3ccc(C(C)C)cc3)n2)cc1. The molecule has 0 saturated heterocycles. The summed E-state index contributed by atoms with van der Waals surface area (Å²) in [5, 5.41) is 7.32. The van der Waals surface area contributed by atoms with E-state index < -0.39 is 0 Å². The molecular weight excluding hydrogens is 302 g/mol. The number of anilines is 1. The summed E-state index contributed by atoms with van der Waals surface area (Å²) in [6.07, 6.45) is 0. The Balaban J connectivity index is 1.63. The van der Waals surface area contributed by atoms with Crippen LogP contribution in [0.5, 0.6) is 5.75 Å². The van der Waals surface area contributed by atoms with E-state index in [1.807, 2.05) is 24.3 Å². The zero-order valence-corrected chi connectivity index (χ0v) is 14.1. The van der Waals surface area contributed by atoms with Crippen LogP contribution >= 0.6 is 0 Å². The first-order valence-electron chi connectivity index (χ1n) is 7.96. The molecule has 0 unspecified atom stereocenters. The highest BCUT2D eigenvalue weighted by molar-refractivity contribution is 5.55. The monoisotopic (exact) mass is 323 g/mol. The van der Waals surface area contributed by atoms with Crippen molar-refractivity contribution in [2.45, 2.75) is 26.3 Å². The van der Waals surface area contributed by atoms with Crippen molar-refractivity contribution >= 4 is 5.69 Å². The van der Waals surface area contributed by atoms with E-state index in [1.54, 1.807) is 7.11 Å². The van der Waals surface area contributed by atoms with Crippen LogP contribution in [-0.4, -0.2) is 17.3 Å². The Bertz CT molecular complexity index is 777. The van der Waals surface area contributed by atoms with Crippen LogP contribution in [0.1, 0.15) is 31.2 Å². The van der Waals surface area contributed by atoms with Crippen LogP contribution in [0.3, 0.4) is 0 Å². The number of nitrogens with one attached hydrogen (secondary N) is 1. The van der Waals surface area contributed by atoms with E-state index in [2.05, 4.69) is 53.6 Å². The summed E-state index contributed by atoms with van der Waals surface area (Å²) in [4.78, 5) is 4.42. The second kappa shape index (κ2) is 7.17. The van der Waals surface area contributed by atoms with Gasteiger partial charge in [0.05, 0.1) is 13.7 Å². The Labute approximate surface area is 141 Å². The Morgan fingerprint density at radius 2 is 1.75 bits per heavy atom. The van der Waals surface area contributed by atoms with Crippen molar-refractivity contribution in [3.63, 3.8) is 0 Å². The molecule has 0 bridgehead atoms. The topological polar surface area (TPSA) is 60.2 Å². The van der Waals surface area contributed by atoms with E-state index >= 15 is 0 Å². The smallest absolute Gasteiger partial charge is 0.246 e. The molecule has 0 aliphatic heterocycles. The first kappa shape index (κ1) is 16.1. The molecule has 0 aliphatic rings. The van der Waals surface area contributed by atoms with Gasteiger partial charge in [-0.1, -0.05) is 31.1 Å². The molecule has 3 aromatic rings. The minimum atomic E-state index is 0.490. The van der Waals surface area contributed by atoms with Gasteiger partial charge in [0.1, 0.15) is 5.75 Å². The number of nitrogens with zero attached hydrogens (tertiary/aromatic N) is 2. The molecule has 1 aromatic heterocycles. The first-order valence-corrected chi connectivity index (χ1v) is 7.96. The summed E-state index contributed by atoms with van der Waals surface area (Å²) in [5.74, 6) is 2.45. The lowest BCUT2D eigenvalue weighted by Gasteiger charge is -2.07. The summed E-state index contributed by atoms with van der Waals surface area (Å²) < 4.78 is 10.5. The minimum absolute atomic E-state index is 0.490. The minimum Gasteiger partial charge on any atom is -0.497 e. The van der Waals surface area contributed by atoms with Gasteiger partial charge in [-0.2, -0.15) is 4.98 Å². The van der Waals surface area contributed by atoms with Crippen LogP contribution in [0, 0.1) is 0 Å². The van der Waals surface area contributed by atoms with Gasteiger partial charge in [-0.25, -0.2) is 0 Å². The average Bonchev–Trinajstić information content (AvgIpc) is 3.09. The van der Waals surface area contributed by atoms with E-state index in [4.69, 9.17) is 9.26 Å². The maximum Gasteiger partial charge on any atom is 0.246 e. The maximum absolute atomic E-state index is 5.30. The number of rotatable bonds is 6. The standard InChI is InChI=1S/C19H21N3O2/c1-13(2)14-4-8-16(9-5-14)20-12-18-21-19(22-24-18)15-6-10-17(23-3)11-7-15/h4-11,13,20H,12H2,1-3H3. The second-order valence-electron chi connectivity index (χ2n) is 5.87. The third-order valence-corrected chi connectivity index (χ3v) is 3.84. The third kappa shape index (κ3) is 3.74. The predicted octanol–water partition coefficient (Wildman–Crippen LogP) is 4.48. The van der Waals surface area contributed by atoms with Crippen molar-refractivity contribution in [1.29, 1.82) is 0 Å². The summed E-state index contributed by atoms with van der Waals surface area (Å²) in [6.45, 7) is 4.85. The highest BCUT2D eigenvalue weighted by Gasteiger charge is 2.08. The van der Waals surface area contributed by atoms with Crippen LogP contribution in [0.15, 0.2) is 53.1 Å². The fraction of sp³-hybridized carbons (Fsp3) is 0.263. The zero-order valence-electron chi connectivity index (χ0n) is 14.1. The van der Waals surface area contributed by atoms with Crippen LogP contribution in [0.4, 0.5) is 5.69 Å². The quantitative estimate of drug-likeness (QED) is 0.724. The molecule has 5 heteroatoms. The van der Waals surface area contributed by atoms with Crippen molar-refractivity contribution in [3.05, 3.63) is 60.0 Å². The molecular formula is C19H21N3O2. The van der Waals surface area contributed by atoms with Crippen LogP contribution in [0.2, 0.25) is 0 Å². The van der Waals surface area contributed by atoms with Gasteiger partial charge in [-0.15, -0.1) is 0 Å². The van der Waals surface area contributed by atoms with E-state index in [0.717, 1.165) is 17.0 Å². The zero-order chi connectivity index (χ0) is 16.9. The molecule has 5 nitrogen and oxygen atoms in total. The van der Waals surface area contributed by atoms with Crippen molar-refractivity contribution < 1.29 is 9.26 Å². The normalized spacial score (nSPS) is 10.8. The summed E-state index contributed by atoms with van der Waals surface area (Å²) in [5.41, 5.74) is 3.25. The molecule has 1 heterocycles. The Hall–Kier alpha value is -2.82. The average molecular weight is 323 g/mol. The van der Waals surface area contributed by atoms with Gasteiger partial charge in [0, 0.05) is 11.3 Å². The van der Waals surface area contributed by atoms with Gasteiger partial charge in [0.25, 0.3) is 0 Å². The summed E-state index contributed by atoms with van der Waals surface area (Å²) >= 11 is 0. The van der Waals surface area contributed by atoms with Gasteiger partial charge in [0.2, 0.25) is 11.7 Å². The Morgan fingerprint density at radius 3 is 2.38 bits per heavy atom. The Kier molecular flexibility index (Phi) is 4.79. The summed E-state index contributed by atoms with van der Waals surface area (Å²) in [7, 11) is 1.64. The number of aromatic nitrogens is 2. The molecule has 124 valence electrons. The molecule has 1 N–H and O–H groups in total. The number of benzene rings is 2. The summed E-state index contributed by atoms with van der Waals surface area (Å²) in [6, 6.07) is 16.0. The number of methoxy groups -OCH3 is 1. The van der Waals surface area contributed by atoms with E-state index in [1.165, 1.54) is 5.56 Å². The highest BCUT2D eigenvalue weighted by Crippen LogP contribution is 2.20. The lowest BCUT2D eigenvalue weighted by molar-refractivity contribution is 0.384. The van der Waals surface area contributed by atoms with Gasteiger partial charge < -0.3 is 14.6 Å². The lowest BCUT2D eigenvalue weighted by atomic mass is 10.0. The van der Waals surface area contributed by atoms with Crippen molar-refractivity contribution in [3.8, 4) is 17.1 Å². The van der Waals surface area contributed by atoms with E-state index in [0.29, 0.717) is 24.2 Å². The molecule has 24 heavy (non-hydrogen) atoms. The fourth-order valence-electron chi connectivity index (χ4n) is 2.35. The third-order valence-electron chi connectivity index (χ3n) is 3.84. The number of ether oxygens (including phenoxy) is 1. The van der Waals surface area contributed by atoms with Crippen molar-refractivity contribution in [1.82, 2.24) is 10.1 Å². The molecule has 0 spiro atoms. The van der Waals surface area contributed by atoms with Crippen molar-refractivity contribution in [2.24, 2.45) is 0 Å². The molecule has 0 amide bonds. The first-order chi connectivity index (χ1) is 11.7. The molecule has 0 saturated carbocycles. The fourth-order valence-corrected chi connectivity index (χ4v) is 2.35. The Morgan fingerprint density at radius 1 is 1.04 bits per heavy atom. The molecule has 0 aliphatic carbocycles. The van der Waals surface area contributed by atoms with Gasteiger partial charge >= 0.3 is 0 Å². The van der Waals surface area contributed by atoms with E-state index in [9.17, 15) is 0 Å². The van der Waals surface area contributed by atoms with E-state index in [-0.39, 0.29) is 0 Å². The van der Waals surface area contributed by atoms with Crippen molar-refractivity contribution in [2.75, 3.05) is 12.4 Å². The molecule has 0 fully saturated rings. The highest BCUT2D eigenvalue weighted by atomic mass is 16.5. The lowest BCUT2D eigenvalue weighted by Crippen LogP contribution is -2.00. The molecule has 2 aromatic carbocycles. The van der Waals surface area contributed by atoms with Crippen LogP contribution in [-0.2, 0) is 6.54 Å². The molecule has 3 rings (SSSR count). The van der Waals surface area contributed by atoms with Crippen LogP contribution < -0.4 is 10.1 Å². The second-order valence-corrected chi connectivity index (χ2v) is 5.87. The molecule has 0 radical (unpaired) electrons. The number of hydrogen-bond acceptors (Lipinski definition) is 5.